The van der Waals surface area contributed by atoms with Gasteiger partial charge in [-0.05, 0) is 13.0 Å². The molecule has 0 bridgehead atoms. The van der Waals surface area contributed by atoms with Crippen LogP contribution >= 0.6 is 0 Å². The molecule has 7 nitrogen and oxygen atoms in total. The Kier molecular flexibility index (Phi) is 6.75. The van der Waals surface area contributed by atoms with Crippen molar-refractivity contribution in [2.24, 2.45) is 5.92 Å². The molecule has 0 aliphatic carbocycles. The molecule has 0 aromatic carbocycles. The zero-order valence-corrected chi connectivity index (χ0v) is 13.9. The van der Waals surface area contributed by atoms with E-state index in [2.05, 4.69) is 28.9 Å². The van der Waals surface area contributed by atoms with Crippen LogP contribution in [0, 0.1) is 5.92 Å². The van der Waals surface area contributed by atoms with E-state index in [9.17, 15) is 5.11 Å². The third kappa shape index (κ3) is 6.00. The first kappa shape index (κ1) is 17.3. The van der Waals surface area contributed by atoms with Gasteiger partial charge in [0, 0.05) is 32.6 Å². The number of hydrogen-bond acceptors (Lipinski definition) is 7. The van der Waals surface area contributed by atoms with Crippen LogP contribution in [-0.2, 0) is 17.7 Å². The molecule has 7 heteroatoms. The third-order valence-corrected chi connectivity index (χ3v) is 3.60. The molecule has 1 aliphatic heterocycles. The number of aliphatic hydroxyl groups excluding tert-OH is 1. The predicted octanol–water partition coefficient (Wildman–Crippen LogP) is 0.393. The van der Waals surface area contributed by atoms with Crippen LogP contribution in [0.1, 0.15) is 25.6 Å². The van der Waals surface area contributed by atoms with E-state index in [1.165, 1.54) is 0 Å². The van der Waals surface area contributed by atoms with Crippen LogP contribution in [0.15, 0.2) is 4.52 Å². The van der Waals surface area contributed by atoms with Crippen molar-refractivity contribution in [2.45, 2.75) is 32.9 Å². The maximum atomic E-state index is 10.2. The Labute approximate surface area is 132 Å². The van der Waals surface area contributed by atoms with Crippen molar-refractivity contribution in [3.8, 4) is 0 Å². The van der Waals surface area contributed by atoms with Crippen molar-refractivity contribution in [1.29, 1.82) is 0 Å². The lowest BCUT2D eigenvalue weighted by Crippen LogP contribution is -2.43. The molecule has 1 N–H and O–H groups in total. The first-order valence-corrected chi connectivity index (χ1v) is 8.01. The van der Waals surface area contributed by atoms with Crippen LogP contribution in [0.4, 0.5) is 0 Å². The fourth-order valence-corrected chi connectivity index (χ4v) is 2.60. The number of aromatic nitrogens is 2. The minimum atomic E-state index is -0.388. The molecule has 0 radical (unpaired) electrons. The van der Waals surface area contributed by atoms with E-state index in [1.807, 2.05) is 11.9 Å². The normalized spacial score (nSPS) is 18.3. The van der Waals surface area contributed by atoms with Gasteiger partial charge in [-0.3, -0.25) is 9.80 Å². The molecular weight excluding hydrogens is 284 g/mol. The second-order valence-electron chi connectivity index (χ2n) is 6.47. The first-order chi connectivity index (χ1) is 10.5. The highest BCUT2D eigenvalue weighted by atomic mass is 16.5. The Morgan fingerprint density at radius 3 is 2.73 bits per heavy atom. The fourth-order valence-electron chi connectivity index (χ4n) is 2.60. The lowest BCUT2D eigenvalue weighted by atomic mass is 10.1. The van der Waals surface area contributed by atoms with Crippen LogP contribution in [-0.4, -0.2) is 77.6 Å². The van der Waals surface area contributed by atoms with Gasteiger partial charge in [0.1, 0.15) is 0 Å². The van der Waals surface area contributed by atoms with Gasteiger partial charge in [-0.1, -0.05) is 19.0 Å². The van der Waals surface area contributed by atoms with E-state index < -0.39 is 0 Å². The van der Waals surface area contributed by atoms with Gasteiger partial charge in [0.05, 0.1) is 25.9 Å². The standard InChI is InChI=1S/C15H28N4O3/c1-12(2)8-14-16-15(22-17-14)11-18(3)9-13(20)10-19-4-6-21-7-5-19/h12-13,20H,4-11H2,1-3H3. The van der Waals surface area contributed by atoms with E-state index in [0.717, 1.165) is 38.5 Å². The van der Waals surface area contributed by atoms with Crippen LogP contribution in [0.3, 0.4) is 0 Å². The van der Waals surface area contributed by atoms with Crippen LogP contribution in [0.2, 0.25) is 0 Å². The molecule has 126 valence electrons. The molecule has 1 unspecified atom stereocenters. The largest absolute Gasteiger partial charge is 0.390 e. The second-order valence-corrected chi connectivity index (χ2v) is 6.47. The number of ether oxygens (including phenoxy) is 1. The molecule has 2 rings (SSSR count). The number of rotatable bonds is 8. The minimum Gasteiger partial charge on any atom is -0.390 e. The summed E-state index contributed by atoms with van der Waals surface area (Å²) in [5, 5.41) is 14.2. The lowest BCUT2D eigenvalue weighted by Gasteiger charge is -2.29. The third-order valence-electron chi connectivity index (χ3n) is 3.60. The number of β-amino-alcohol motifs (C(OH)–C–C–N with tert-alkyl or cyclic N) is 1. The van der Waals surface area contributed by atoms with Crippen molar-refractivity contribution in [2.75, 3.05) is 46.4 Å². The summed E-state index contributed by atoms with van der Waals surface area (Å²) in [6.45, 7) is 9.37. The highest BCUT2D eigenvalue weighted by Crippen LogP contribution is 2.07. The van der Waals surface area contributed by atoms with Gasteiger partial charge in [0.15, 0.2) is 5.82 Å². The molecule has 1 aromatic rings. The minimum absolute atomic E-state index is 0.388. The summed E-state index contributed by atoms with van der Waals surface area (Å²) in [4.78, 5) is 8.63. The van der Waals surface area contributed by atoms with E-state index in [1.54, 1.807) is 0 Å². The fraction of sp³-hybridized carbons (Fsp3) is 0.867. The van der Waals surface area contributed by atoms with E-state index in [4.69, 9.17) is 9.26 Å². The molecular formula is C15H28N4O3. The molecule has 2 heterocycles. The Hall–Kier alpha value is -1.02. The van der Waals surface area contributed by atoms with Crippen LogP contribution in [0.5, 0.6) is 0 Å². The maximum Gasteiger partial charge on any atom is 0.240 e. The summed E-state index contributed by atoms with van der Waals surface area (Å²) >= 11 is 0. The molecule has 0 saturated carbocycles. The summed E-state index contributed by atoms with van der Waals surface area (Å²) < 4.78 is 10.6. The van der Waals surface area contributed by atoms with Gasteiger partial charge in [-0.25, -0.2) is 0 Å². The van der Waals surface area contributed by atoms with Crippen molar-refractivity contribution in [3.63, 3.8) is 0 Å². The topological polar surface area (TPSA) is 74.9 Å². The highest BCUT2D eigenvalue weighted by Gasteiger charge is 2.17. The Balaban J connectivity index is 1.72. The molecule has 1 aliphatic rings. The summed E-state index contributed by atoms with van der Waals surface area (Å²) in [5.74, 6) is 1.88. The van der Waals surface area contributed by atoms with E-state index in [0.29, 0.717) is 31.4 Å². The van der Waals surface area contributed by atoms with Gasteiger partial charge in [0.25, 0.3) is 0 Å². The lowest BCUT2D eigenvalue weighted by molar-refractivity contribution is 0.00773. The molecule has 22 heavy (non-hydrogen) atoms. The average molecular weight is 312 g/mol. The number of nitrogens with zero attached hydrogens (tertiary/aromatic N) is 4. The Bertz CT molecular complexity index is 432. The van der Waals surface area contributed by atoms with Crippen molar-refractivity contribution in [1.82, 2.24) is 19.9 Å². The number of aliphatic hydroxyl groups is 1. The Morgan fingerprint density at radius 2 is 2.05 bits per heavy atom. The summed E-state index contributed by atoms with van der Waals surface area (Å²) in [6, 6.07) is 0. The monoisotopic (exact) mass is 312 g/mol. The molecule has 0 amide bonds. The summed E-state index contributed by atoms with van der Waals surface area (Å²) in [6.07, 6.45) is 0.438. The van der Waals surface area contributed by atoms with Crippen LogP contribution < -0.4 is 0 Å². The van der Waals surface area contributed by atoms with Gasteiger partial charge < -0.3 is 14.4 Å². The number of morpholine rings is 1. The highest BCUT2D eigenvalue weighted by molar-refractivity contribution is 4.87. The molecule has 0 spiro atoms. The molecule has 1 saturated heterocycles. The van der Waals surface area contributed by atoms with Crippen LogP contribution in [0.25, 0.3) is 0 Å². The van der Waals surface area contributed by atoms with E-state index >= 15 is 0 Å². The molecule has 1 fully saturated rings. The quantitative estimate of drug-likeness (QED) is 0.744. The van der Waals surface area contributed by atoms with Gasteiger partial charge in [-0.2, -0.15) is 4.98 Å². The van der Waals surface area contributed by atoms with Gasteiger partial charge in [-0.15, -0.1) is 0 Å². The Morgan fingerprint density at radius 1 is 1.32 bits per heavy atom. The van der Waals surface area contributed by atoms with Gasteiger partial charge >= 0.3 is 0 Å². The maximum absolute atomic E-state index is 10.2. The van der Waals surface area contributed by atoms with Crippen molar-refractivity contribution in [3.05, 3.63) is 11.7 Å². The summed E-state index contributed by atoms with van der Waals surface area (Å²) in [5.41, 5.74) is 0. The van der Waals surface area contributed by atoms with Gasteiger partial charge in [0.2, 0.25) is 5.89 Å². The van der Waals surface area contributed by atoms with E-state index in [-0.39, 0.29) is 6.10 Å². The zero-order chi connectivity index (χ0) is 15.9. The molecule has 1 atom stereocenters. The second kappa shape index (κ2) is 8.57. The molecule has 1 aromatic heterocycles. The SMILES string of the molecule is CC(C)Cc1noc(CN(C)CC(O)CN2CCOCC2)n1. The smallest absolute Gasteiger partial charge is 0.240 e. The summed E-state index contributed by atoms with van der Waals surface area (Å²) in [7, 11) is 1.95. The van der Waals surface area contributed by atoms with Crippen molar-refractivity contribution < 1.29 is 14.4 Å². The number of likely N-dealkylation sites (N-methyl/N-ethyl adjacent to an activating group) is 1. The zero-order valence-electron chi connectivity index (χ0n) is 13.9. The first-order valence-electron chi connectivity index (χ1n) is 8.01. The number of hydrogen-bond donors (Lipinski definition) is 1. The predicted molar refractivity (Wildman–Crippen MR) is 82.4 cm³/mol. The average Bonchev–Trinajstić information content (AvgIpc) is 2.85. The van der Waals surface area contributed by atoms with Crippen molar-refractivity contribution >= 4 is 0 Å².